The number of hydrogen-bond acceptors (Lipinski definition) is 6. The monoisotopic (exact) mass is 778 g/mol. The molecule has 7 heteroatoms. The first kappa shape index (κ1) is 53.4. The second-order valence-corrected chi connectivity index (χ2v) is 14.4. The maximum absolute atomic E-state index is 11.1. The average Bonchev–Trinajstić information content (AvgIpc) is 3.08. The molecule has 0 N–H and O–H groups in total. The molecule has 0 aliphatic heterocycles. The molecular formula is C42H82O4S2Zn. The molecule has 0 radical (unpaired) electrons. The molecule has 288 valence electrons. The van der Waals surface area contributed by atoms with Crippen LogP contribution in [0.25, 0.3) is 0 Å². The van der Waals surface area contributed by atoms with Gasteiger partial charge in [0.15, 0.2) is 11.9 Å². The summed E-state index contributed by atoms with van der Waals surface area (Å²) in [6.07, 6.45) is 46.5. The second kappa shape index (κ2) is 50.1. The van der Waals surface area contributed by atoms with Gasteiger partial charge in [-0.2, -0.15) is 0 Å². The first-order chi connectivity index (χ1) is 23.6. The van der Waals surface area contributed by atoms with Crippen LogP contribution in [0.4, 0.5) is 0 Å². The van der Waals surface area contributed by atoms with Crippen molar-refractivity contribution in [2.24, 2.45) is 0 Å². The topological polar surface area (TPSA) is 52.6 Å². The molecule has 0 heterocycles. The van der Waals surface area contributed by atoms with Crippen LogP contribution in [0.15, 0.2) is 0 Å². The minimum atomic E-state index is -0.231. The van der Waals surface area contributed by atoms with Gasteiger partial charge in [0.25, 0.3) is 0 Å². The van der Waals surface area contributed by atoms with Crippen molar-refractivity contribution in [3.05, 3.63) is 12.8 Å². The van der Waals surface area contributed by atoms with Gasteiger partial charge >= 0.3 is 19.5 Å². The summed E-state index contributed by atoms with van der Waals surface area (Å²) in [5.41, 5.74) is 0. The molecule has 49 heavy (non-hydrogen) atoms. The fourth-order valence-electron chi connectivity index (χ4n) is 5.91. The summed E-state index contributed by atoms with van der Waals surface area (Å²) in [5, 5.41) is 0. The number of esters is 2. The summed E-state index contributed by atoms with van der Waals surface area (Å²) in [6.45, 7) is 5.67. The van der Waals surface area contributed by atoms with Crippen molar-refractivity contribution in [1.29, 1.82) is 0 Å². The number of hydrogen-bond donors (Lipinski definition) is 2. The zero-order valence-electron chi connectivity index (χ0n) is 32.8. The van der Waals surface area contributed by atoms with Gasteiger partial charge in [-0.3, -0.25) is 22.4 Å². The van der Waals surface area contributed by atoms with Crippen LogP contribution in [0.1, 0.15) is 219 Å². The molecule has 0 unspecified atom stereocenters. The van der Waals surface area contributed by atoms with E-state index in [4.69, 9.17) is 9.47 Å². The molecule has 0 atom stereocenters. The van der Waals surface area contributed by atoms with Gasteiger partial charge in [0.2, 0.25) is 0 Å². The van der Waals surface area contributed by atoms with E-state index in [0.717, 1.165) is 12.8 Å². The molecule has 0 fully saturated rings. The van der Waals surface area contributed by atoms with Gasteiger partial charge in [-0.1, -0.05) is 206 Å². The number of ether oxygens (including phenoxy) is 2. The van der Waals surface area contributed by atoms with Crippen molar-refractivity contribution < 1.29 is 38.5 Å². The van der Waals surface area contributed by atoms with Crippen molar-refractivity contribution in [3.63, 3.8) is 0 Å². The molecule has 0 saturated carbocycles. The maximum Gasteiger partial charge on any atom is 2.00 e. The van der Waals surface area contributed by atoms with Crippen LogP contribution in [-0.2, 0) is 38.5 Å². The Morgan fingerprint density at radius 1 is 0.367 bits per heavy atom. The molecule has 0 aromatic rings. The fraction of sp³-hybridized carbons (Fsp3) is 0.905. The molecule has 0 bridgehead atoms. The first-order valence-electron chi connectivity index (χ1n) is 20.8. The van der Waals surface area contributed by atoms with Crippen molar-refractivity contribution >= 4 is 37.2 Å². The Balaban J connectivity index is -0.000000846. The summed E-state index contributed by atoms with van der Waals surface area (Å²) in [7, 11) is 0. The van der Waals surface area contributed by atoms with Crippen LogP contribution in [-0.4, -0.2) is 36.7 Å². The zero-order chi connectivity index (χ0) is 35.4. The first-order valence-corrected chi connectivity index (χ1v) is 22.1. The molecule has 0 saturated heterocycles. The van der Waals surface area contributed by atoms with Gasteiger partial charge in [0.05, 0.1) is 13.2 Å². The number of thiol groups is 2. The summed E-state index contributed by atoms with van der Waals surface area (Å²) in [6, 6.07) is 0. The molecule has 0 aliphatic carbocycles. The minimum Gasteiger partial charge on any atom is -0.488 e. The zero-order valence-corrected chi connectivity index (χ0v) is 37.6. The van der Waals surface area contributed by atoms with Crippen molar-refractivity contribution in [3.8, 4) is 0 Å². The Bertz CT molecular complexity index is 571. The molecule has 0 amide bonds. The second-order valence-electron chi connectivity index (χ2n) is 13.7. The van der Waals surface area contributed by atoms with Crippen LogP contribution in [0, 0.1) is 12.8 Å². The largest absolute Gasteiger partial charge is 2.00 e. The van der Waals surface area contributed by atoms with E-state index in [0.29, 0.717) is 24.7 Å². The maximum atomic E-state index is 11.1. The fourth-order valence-corrected chi connectivity index (χ4v) is 6.21. The molecule has 0 rings (SSSR count). The van der Waals surface area contributed by atoms with E-state index in [1.54, 1.807) is 0 Å². The van der Waals surface area contributed by atoms with Gasteiger partial charge in [0, 0.05) is 0 Å². The summed E-state index contributed by atoms with van der Waals surface area (Å²) >= 11 is 7.92. The molecule has 0 aliphatic rings. The third-order valence-electron chi connectivity index (χ3n) is 9.00. The Hall–Kier alpha value is 0.00338. The summed E-state index contributed by atoms with van der Waals surface area (Å²) in [5.74, 6) is 0.451. The van der Waals surface area contributed by atoms with E-state index in [2.05, 4.69) is 39.1 Å². The predicted molar refractivity (Wildman–Crippen MR) is 217 cm³/mol. The van der Waals surface area contributed by atoms with Crippen LogP contribution in [0.3, 0.4) is 0 Å². The van der Waals surface area contributed by atoms with Crippen molar-refractivity contribution in [2.75, 3.05) is 24.7 Å². The van der Waals surface area contributed by atoms with Gasteiger partial charge in [-0.05, 0) is 12.8 Å². The Labute approximate surface area is 330 Å². The van der Waals surface area contributed by atoms with E-state index >= 15 is 0 Å². The number of carbonyl (C=O) groups is 2. The summed E-state index contributed by atoms with van der Waals surface area (Å²) < 4.78 is 10.1. The number of rotatable bonds is 38. The predicted octanol–water partition coefficient (Wildman–Crippen LogP) is 13.8. The Kier molecular flexibility index (Phi) is 54.6. The van der Waals surface area contributed by atoms with E-state index in [-0.39, 0.29) is 31.4 Å². The molecule has 0 aromatic heterocycles. The molecule has 0 spiro atoms. The summed E-state index contributed by atoms with van der Waals surface area (Å²) in [4.78, 5) is 22.2. The molecule has 4 nitrogen and oxygen atoms in total. The average molecular weight is 781 g/mol. The van der Waals surface area contributed by atoms with Gasteiger partial charge in [-0.15, -0.1) is 11.5 Å². The number of carbonyl (C=O) groups excluding carboxylic acids is 2. The van der Waals surface area contributed by atoms with Gasteiger partial charge < -0.3 is 9.47 Å². The van der Waals surface area contributed by atoms with Crippen molar-refractivity contribution in [1.82, 2.24) is 0 Å². The van der Waals surface area contributed by atoms with Gasteiger partial charge in [-0.25, -0.2) is 25.3 Å². The molecular weight excluding hydrogens is 698 g/mol. The van der Waals surface area contributed by atoms with Crippen LogP contribution < -0.4 is 0 Å². The minimum absolute atomic E-state index is 0. The van der Waals surface area contributed by atoms with E-state index < -0.39 is 0 Å². The van der Waals surface area contributed by atoms with Crippen LogP contribution in [0.5, 0.6) is 0 Å². The quantitative estimate of drug-likeness (QED) is 0.0215. The van der Waals surface area contributed by atoms with E-state index in [9.17, 15) is 9.59 Å². The Morgan fingerprint density at radius 2 is 0.551 bits per heavy atom. The van der Waals surface area contributed by atoms with Crippen molar-refractivity contribution in [2.45, 2.75) is 219 Å². The molecule has 0 aromatic carbocycles. The smallest absolute Gasteiger partial charge is 0.488 e. The van der Waals surface area contributed by atoms with E-state index in [1.165, 1.54) is 205 Å². The normalized spacial score (nSPS) is 10.5. The Morgan fingerprint density at radius 3 is 0.735 bits per heavy atom. The van der Waals surface area contributed by atoms with E-state index in [1.807, 2.05) is 0 Å². The third kappa shape index (κ3) is 52.5. The van der Waals surface area contributed by atoms with Gasteiger partial charge in [0.1, 0.15) is 0 Å². The van der Waals surface area contributed by atoms with Crippen LogP contribution in [0.2, 0.25) is 0 Å². The third-order valence-corrected chi connectivity index (χ3v) is 9.37. The van der Waals surface area contributed by atoms with Crippen LogP contribution >= 0.6 is 25.3 Å². The standard InChI is InChI=1S/2C21H41O2S.Zn/c2*1-2-3-4-5-6-7-8-9-10-11-12-13-14-15-16-17-19-23-21(22)18-20-24;/h2*18,24H,2-17,19-20H2,1H3;/q2*-1;+2. The SMILES string of the molecule is CCCCCCCCCCCCCCCCCCOC(=O)[CH-]CS.CCCCCCCCCCCCCCCCCCOC(=O)[CH-]CS.[Zn+2]. The number of unbranched alkanes of at least 4 members (excludes halogenated alkanes) is 30.